The maximum Gasteiger partial charge on any atom is 0.302 e. The van der Waals surface area contributed by atoms with E-state index in [1.165, 1.54) is 18.9 Å². The van der Waals surface area contributed by atoms with Crippen LogP contribution in [0.3, 0.4) is 0 Å². The lowest BCUT2D eigenvalue weighted by Crippen LogP contribution is -2.50. The molecular weight excluding hydrogens is 274 g/mol. The van der Waals surface area contributed by atoms with Crippen molar-refractivity contribution in [1.82, 2.24) is 4.90 Å². The second kappa shape index (κ2) is 5.38. The van der Waals surface area contributed by atoms with E-state index >= 15 is 0 Å². The van der Waals surface area contributed by atoms with E-state index in [1.807, 2.05) is 12.1 Å². The lowest BCUT2D eigenvalue weighted by Gasteiger charge is -2.42. The van der Waals surface area contributed by atoms with E-state index in [1.54, 1.807) is 0 Å². The highest BCUT2D eigenvalue weighted by molar-refractivity contribution is 6.30. The molecule has 20 heavy (non-hydrogen) atoms. The summed E-state index contributed by atoms with van der Waals surface area (Å²) in [5, 5.41) is 0.744. The maximum absolute atomic E-state index is 11.5. The summed E-state index contributed by atoms with van der Waals surface area (Å²) in [6.07, 6.45) is 3.32. The zero-order valence-corrected chi connectivity index (χ0v) is 12.6. The molecule has 2 saturated heterocycles. The number of fused-ring (bicyclic) bond motifs is 2. The van der Waals surface area contributed by atoms with Gasteiger partial charge in [0.15, 0.2) is 0 Å². The molecule has 0 saturated carbocycles. The molecule has 0 radical (unpaired) electrons. The van der Waals surface area contributed by atoms with Crippen LogP contribution in [0.4, 0.5) is 0 Å². The van der Waals surface area contributed by atoms with Gasteiger partial charge < -0.3 is 4.74 Å². The summed E-state index contributed by atoms with van der Waals surface area (Å²) in [5.41, 5.74) is 1.23. The monoisotopic (exact) mass is 293 g/mol. The predicted molar refractivity (Wildman–Crippen MR) is 78.9 cm³/mol. The number of benzene rings is 1. The second-order valence-corrected chi connectivity index (χ2v) is 6.37. The quantitative estimate of drug-likeness (QED) is 0.784. The van der Waals surface area contributed by atoms with Crippen molar-refractivity contribution in [3.05, 3.63) is 34.9 Å². The van der Waals surface area contributed by atoms with E-state index in [0.29, 0.717) is 12.1 Å². The lowest BCUT2D eigenvalue weighted by atomic mass is 9.82. The van der Waals surface area contributed by atoms with Crippen molar-refractivity contribution in [3.63, 3.8) is 0 Å². The number of ether oxygens (including phenoxy) is 1. The van der Waals surface area contributed by atoms with Crippen molar-refractivity contribution < 1.29 is 9.53 Å². The largest absolute Gasteiger partial charge is 0.460 e. The molecule has 3 nitrogen and oxygen atoms in total. The van der Waals surface area contributed by atoms with Crippen LogP contribution in [0.2, 0.25) is 5.02 Å². The highest BCUT2D eigenvalue weighted by atomic mass is 35.5. The van der Waals surface area contributed by atoms with Gasteiger partial charge in [-0.3, -0.25) is 9.69 Å². The highest BCUT2D eigenvalue weighted by Gasteiger charge is 2.47. The standard InChI is InChI=1S/C16H20ClNO2/c1-10(19)20-16-14(11-3-5-12(17)6-4-11)9-13-7-8-15(16)18(13)2/h3-6,13-16H,7-9H2,1-2H3. The molecular formula is C16H20ClNO2. The van der Waals surface area contributed by atoms with Crippen LogP contribution in [0, 0.1) is 0 Å². The molecule has 1 aromatic rings. The van der Waals surface area contributed by atoms with E-state index in [2.05, 4.69) is 24.1 Å². The van der Waals surface area contributed by atoms with Gasteiger partial charge in [-0.15, -0.1) is 0 Å². The van der Waals surface area contributed by atoms with Crippen molar-refractivity contribution in [2.75, 3.05) is 7.05 Å². The molecule has 1 aromatic carbocycles. The smallest absolute Gasteiger partial charge is 0.302 e. The Kier molecular flexibility index (Phi) is 3.74. The summed E-state index contributed by atoms with van der Waals surface area (Å²) < 4.78 is 5.68. The number of likely N-dealkylation sites (N-methyl/N-ethyl adjacent to an activating group) is 1. The van der Waals surface area contributed by atoms with Crippen molar-refractivity contribution in [3.8, 4) is 0 Å². The fraction of sp³-hybridized carbons (Fsp3) is 0.562. The Hall–Kier alpha value is -1.06. The van der Waals surface area contributed by atoms with E-state index in [9.17, 15) is 4.79 Å². The molecule has 2 heterocycles. The van der Waals surface area contributed by atoms with E-state index in [0.717, 1.165) is 17.9 Å². The number of esters is 1. The third kappa shape index (κ3) is 2.45. The van der Waals surface area contributed by atoms with Crippen LogP contribution in [0.5, 0.6) is 0 Å². The number of piperidine rings is 1. The normalized spacial score (nSPS) is 33.1. The summed E-state index contributed by atoms with van der Waals surface area (Å²) in [7, 11) is 2.15. The first-order chi connectivity index (χ1) is 9.56. The Morgan fingerprint density at radius 3 is 2.65 bits per heavy atom. The minimum Gasteiger partial charge on any atom is -0.460 e. The second-order valence-electron chi connectivity index (χ2n) is 5.93. The fourth-order valence-corrected chi connectivity index (χ4v) is 3.93. The third-order valence-electron chi connectivity index (χ3n) is 4.80. The van der Waals surface area contributed by atoms with Gasteiger partial charge >= 0.3 is 5.97 Å². The van der Waals surface area contributed by atoms with Crippen molar-refractivity contribution in [1.29, 1.82) is 0 Å². The first-order valence-electron chi connectivity index (χ1n) is 7.21. The molecule has 4 heteroatoms. The Morgan fingerprint density at radius 1 is 1.30 bits per heavy atom. The Bertz CT molecular complexity index is 502. The average molecular weight is 294 g/mol. The van der Waals surface area contributed by atoms with Crippen molar-refractivity contribution in [2.24, 2.45) is 0 Å². The lowest BCUT2D eigenvalue weighted by molar-refractivity contribution is -0.153. The Morgan fingerprint density at radius 2 is 2.00 bits per heavy atom. The zero-order valence-electron chi connectivity index (χ0n) is 11.9. The van der Waals surface area contributed by atoms with Gasteiger partial charge in [-0.25, -0.2) is 0 Å². The summed E-state index contributed by atoms with van der Waals surface area (Å²) in [5.74, 6) is 0.0950. The molecule has 2 aliphatic heterocycles. The predicted octanol–water partition coefficient (Wildman–Crippen LogP) is 3.22. The number of hydrogen-bond donors (Lipinski definition) is 0. The van der Waals surface area contributed by atoms with E-state index in [-0.39, 0.29) is 18.0 Å². The molecule has 0 amide bonds. The molecule has 108 valence electrons. The van der Waals surface area contributed by atoms with Gasteiger partial charge in [-0.05, 0) is 44.0 Å². The van der Waals surface area contributed by atoms with Gasteiger partial charge in [0.25, 0.3) is 0 Å². The molecule has 2 fully saturated rings. The number of rotatable bonds is 2. The number of halogens is 1. The van der Waals surface area contributed by atoms with Crippen LogP contribution in [-0.4, -0.2) is 36.1 Å². The molecule has 0 N–H and O–H groups in total. The van der Waals surface area contributed by atoms with Crippen LogP contribution in [-0.2, 0) is 9.53 Å². The number of carbonyl (C=O) groups is 1. The van der Waals surface area contributed by atoms with Crippen LogP contribution >= 0.6 is 11.6 Å². The van der Waals surface area contributed by atoms with Gasteiger partial charge in [-0.1, -0.05) is 23.7 Å². The highest BCUT2D eigenvalue weighted by Crippen LogP contribution is 2.44. The molecule has 0 aliphatic carbocycles. The van der Waals surface area contributed by atoms with Gasteiger partial charge in [0.1, 0.15) is 6.10 Å². The minimum atomic E-state index is -0.187. The molecule has 3 rings (SSSR count). The van der Waals surface area contributed by atoms with Gasteiger partial charge in [0.05, 0.1) is 0 Å². The van der Waals surface area contributed by atoms with Crippen molar-refractivity contribution >= 4 is 17.6 Å². The zero-order chi connectivity index (χ0) is 14.3. The molecule has 0 spiro atoms. The third-order valence-corrected chi connectivity index (χ3v) is 5.05. The number of hydrogen-bond acceptors (Lipinski definition) is 3. The number of nitrogens with zero attached hydrogens (tertiary/aromatic N) is 1. The molecule has 4 atom stereocenters. The van der Waals surface area contributed by atoms with Crippen LogP contribution in [0.15, 0.2) is 24.3 Å². The van der Waals surface area contributed by atoms with Crippen LogP contribution in [0.25, 0.3) is 0 Å². The van der Waals surface area contributed by atoms with Crippen molar-refractivity contribution in [2.45, 2.75) is 50.3 Å². The fourth-order valence-electron chi connectivity index (χ4n) is 3.80. The first kappa shape index (κ1) is 13.9. The first-order valence-corrected chi connectivity index (χ1v) is 7.58. The average Bonchev–Trinajstić information content (AvgIpc) is 2.65. The molecule has 2 bridgehead atoms. The molecule has 4 unspecified atom stereocenters. The SMILES string of the molecule is CC(=O)OC1C(c2ccc(Cl)cc2)CC2CCC1N2C. The minimum absolute atomic E-state index is 0.0441. The molecule has 0 aromatic heterocycles. The van der Waals surface area contributed by atoms with Gasteiger partial charge in [0, 0.05) is 29.9 Å². The summed E-state index contributed by atoms with van der Waals surface area (Å²) >= 11 is 5.97. The van der Waals surface area contributed by atoms with E-state index < -0.39 is 0 Å². The van der Waals surface area contributed by atoms with Crippen LogP contribution in [0.1, 0.15) is 37.7 Å². The topological polar surface area (TPSA) is 29.5 Å². The number of carbonyl (C=O) groups excluding carboxylic acids is 1. The van der Waals surface area contributed by atoms with Crippen LogP contribution < -0.4 is 0 Å². The Labute approximate surface area is 124 Å². The summed E-state index contributed by atoms with van der Waals surface area (Å²) in [4.78, 5) is 13.9. The Balaban J connectivity index is 1.91. The van der Waals surface area contributed by atoms with Gasteiger partial charge in [0.2, 0.25) is 0 Å². The maximum atomic E-state index is 11.5. The summed E-state index contributed by atoms with van der Waals surface area (Å²) in [6.45, 7) is 1.50. The van der Waals surface area contributed by atoms with E-state index in [4.69, 9.17) is 16.3 Å². The summed E-state index contributed by atoms with van der Waals surface area (Å²) in [6, 6.07) is 8.91. The molecule has 2 aliphatic rings. The van der Waals surface area contributed by atoms with Gasteiger partial charge in [-0.2, -0.15) is 0 Å².